The smallest absolute Gasteiger partial charge is 0.370 e. The van der Waals surface area contributed by atoms with Crippen molar-refractivity contribution in [2.24, 2.45) is 11.7 Å². The summed E-state index contributed by atoms with van der Waals surface area (Å²) in [6.45, 7) is 1.27. The molecule has 2 fully saturated rings. The summed E-state index contributed by atoms with van der Waals surface area (Å²) in [5, 5.41) is 0. The molecule has 29 heavy (non-hydrogen) atoms. The third-order valence-corrected chi connectivity index (χ3v) is 6.46. The molecule has 2 N–H and O–H groups in total. The monoisotopic (exact) mass is 435 g/mol. The van der Waals surface area contributed by atoms with Crippen LogP contribution in [-0.2, 0) is 26.0 Å². The number of ether oxygens (including phenoxy) is 1. The Morgan fingerprint density at radius 2 is 1.86 bits per heavy atom. The summed E-state index contributed by atoms with van der Waals surface area (Å²) in [6, 6.07) is 4.28. The quantitative estimate of drug-likeness (QED) is 0.745. The molecule has 8 nitrogen and oxygen atoms in total. The number of urea groups is 1. The number of nitrogens with two attached hydrogens (primary N) is 1. The van der Waals surface area contributed by atoms with Crippen LogP contribution in [0.15, 0.2) is 29.2 Å². The maximum absolute atomic E-state index is 12.7. The maximum atomic E-state index is 12.7. The first-order valence-corrected chi connectivity index (χ1v) is 10.3. The van der Waals surface area contributed by atoms with Crippen molar-refractivity contribution in [1.82, 2.24) is 9.80 Å². The van der Waals surface area contributed by atoms with Gasteiger partial charge in [0.25, 0.3) is 9.84 Å². The lowest BCUT2D eigenvalue weighted by Crippen LogP contribution is -2.58. The highest BCUT2D eigenvalue weighted by atomic mass is 32.2. The molecule has 0 spiro atoms. The van der Waals surface area contributed by atoms with Crippen LogP contribution in [0.2, 0.25) is 0 Å². The fraction of sp³-hybridized carbons (Fsp3) is 0.529. The SMILES string of the molecule is NC(=O)[C@H]1CCN(C(=O)N2CC(OCc3cccc(S(=O)(=O)C(F)(F)F)c3)C2)C1. The van der Waals surface area contributed by atoms with Crippen molar-refractivity contribution >= 4 is 21.8 Å². The number of carbonyl (C=O) groups is 2. The summed E-state index contributed by atoms with van der Waals surface area (Å²) in [5.74, 6) is -0.771. The van der Waals surface area contributed by atoms with E-state index in [4.69, 9.17) is 10.5 Å². The molecule has 1 atom stereocenters. The molecule has 3 rings (SSSR count). The minimum atomic E-state index is -5.42. The van der Waals surface area contributed by atoms with Crippen LogP contribution in [0.5, 0.6) is 0 Å². The zero-order valence-electron chi connectivity index (χ0n) is 15.3. The van der Waals surface area contributed by atoms with Crippen LogP contribution >= 0.6 is 0 Å². The Labute approximate surface area is 165 Å². The van der Waals surface area contributed by atoms with Gasteiger partial charge in [-0.2, -0.15) is 13.2 Å². The fourth-order valence-corrected chi connectivity index (χ4v) is 4.05. The molecule has 0 aromatic heterocycles. The fourth-order valence-electron chi connectivity index (χ4n) is 3.22. The van der Waals surface area contributed by atoms with Gasteiger partial charge in [-0.05, 0) is 24.1 Å². The number of hydrogen-bond donors (Lipinski definition) is 1. The van der Waals surface area contributed by atoms with Crippen molar-refractivity contribution in [3.05, 3.63) is 29.8 Å². The van der Waals surface area contributed by atoms with Crippen LogP contribution in [0.1, 0.15) is 12.0 Å². The molecular weight excluding hydrogens is 415 g/mol. The number of halogens is 3. The second kappa shape index (κ2) is 7.82. The molecule has 2 aliphatic rings. The van der Waals surface area contributed by atoms with Crippen molar-refractivity contribution in [2.75, 3.05) is 26.2 Å². The van der Waals surface area contributed by atoms with Gasteiger partial charge >= 0.3 is 11.5 Å². The van der Waals surface area contributed by atoms with Crippen molar-refractivity contribution < 1.29 is 35.9 Å². The van der Waals surface area contributed by atoms with Crippen LogP contribution in [0, 0.1) is 5.92 Å². The Morgan fingerprint density at radius 3 is 2.45 bits per heavy atom. The summed E-state index contributed by atoms with van der Waals surface area (Å²) in [5.41, 5.74) is 0.161. The highest BCUT2D eigenvalue weighted by molar-refractivity contribution is 7.92. The van der Waals surface area contributed by atoms with Gasteiger partial charge in [-0.15, -0.1) is 0 Å². The topological polar surface area (TPSA) is 110 Å². The number of sulfone groups is 1. The van der Waals surface area contributed by atoms with E-state index in [1.165, 1.54) is 12.1 Å². The highest BCUT2D eigenvalue weighted by Crippen LogP contribution is 2.30. The van der Waals surface area contributed by atoms with Crippen molar-refractivity contribution in [1.29, 1.82) is 0 Å². The lowest BCUT2D eigenvalue weighted by molar-refractivity contribution is -0.121. The van der Waals surface area contributed by atoms with Gasteiger partial charge in [0.2, 0.25) is 5.91 Å². The molecule has 1 aromatic carbocycles. The van der Waals surface area contributed by atoms with Gasteiger partial charge in [0.1, 0.15) is 0 Å². The molecule has 0 aliphatic carbocycles. The largest absolute Gasteiger partial charge is 0.501 e. The molecule has 2 heterocycles. The molecule has 0 unspecified atom stereocenters. The van der Waals surface area contributed by atoms with Crippen molar-refractivity contribution in [2.45, 2.75) is 29.5 Å². The lowest BCUT2D eigenvalue weighted by atomic mass is 10.1. The number of alkyl halides is 3. The van der Waals surface area contributed by atoms with Gasteiger partial charge in [-0.3, -0.25) is 4.79 Å². The summed E-state index contributed by atoms with van der Waals surface area (Å²) in [4.78, 5) is 25.8. The molecular formula is C17H20F3N3O5S. The molecule has 1 aromatic rings. The molecule has 3 amide bonds. The number of amides is 3. The van der Waals surface area contributed by atoms with E-state index in [1.54, 1.807) is 9.80 Å². The van der Waals surface area contributed by atoms with Gasteiger partial charge < -0.3 is 20.3 Å². The van der Waals surface area contributed by atoms with E-state index in [0.717, 1.165) is 12.1 Å². The second-order valence-corrected chi connectivity index (χ2v) is 8.99. The molecule has 0 saturated carbocycles. The van der Waals surface area contributed by atoms with E-state index in [2.05, 4.69) is 0 Å². The number of benzene rings is 1. The predicted octanol–water partition coefficient (Wildman–Crippen LogP) is 1.11. The predicted molar refractivity (Wildman–Crippen MR) is 94.1 cm³/mol. The zero-order chi connectivity index (χ0) is 21.4. The highest BCUT2D eigenvalue weighted by Gasteiger charge is 2.47. The van der Waals surface area contributed by atoms with Crippen LogP contribution in [0.4, 0.5) is 18.0 Å². The average Bonchev–Trinajstić information content (AvgIpc) is 3.10. The first-order valence-electron chi connectivity index (χ1n) is 8.84. The van der Waals surface area contributed by atoms with Gasteiger partial charge in [0.15, 0.2) is 0 Å². The van der Waals surface area contributed by atoms with E-state index >= 15 is 0 Å². The minimum absolute atomic E-state index is 0.0820. The third-order valence-electron chi connectivity index (χ3n) is 4.98. The number of nitrogens with zero attached hydrogens (tertiary/aromatic N) is 2. The molecule has 12 heteroatoms. The molecule has 0 bridgehead atoms. The minimum Gasteiger partial charge on any atom is -0.370 e. The van der Waals surface area contributed by atoms with Crippen LogP contribution in [-0.4, -0.2) is 67.9 Å². The van der Waals surface area contributed by atoms with Gasteiger partial charge in [-0.25, -0.2) is 13.2 Å². The van der Waals surface area contributed by atoms with Crippen LogP contribution in [0.25, 0.3) is 0 Å². The maximum Gasteiger partial charge on any atom is 0.501 e. The van der Waals surface area contributed by atoms with E-state index in [1.807, 2.05) is 0 Å². The van der Waals surface area contributed by atoms with Gasteiger partial charge in [0, 0.05) is 13.1 Å². The number of carbonyl (C=O) groups excluding carboxylic acids is 2. The number of hydrogen-bond acceptors (Lipinski definition) is 5. The number of likely N-dealkylation sites (tertiary alicyclic amines) is 2. The van der Waals surface area contributed by atoms with Gasteiger partial charge in [-0.1, -0.05) is 12.1 Å². The second-order valence-electron chi connectivity index (χ2n) is 7.05. The van der Waals surface area contributed by atoms with E-state index in [0.29, 0.717) is 26.1 Å². The Balaban J connectivity index is 1.49. The average molecular weight is 435 g/mol. The first-order chi connectivity index (χ1) is 13.5. The summed E-state index contributed by atoms with van der Waals surface area (Å²) >= 11 is 0. The molecule has 0 radical (unpaired) electrons. The Bertz CT molecular complexity index is 900. The Hall–Kier alpha value is -2.34. The Morgan fingerprint density at radius 1 is 1.17 bits per heavy atom. The number of rotatable bonds is 5. The molecule has 160 valence electrons. The summed E-state index contributed by atoms with van der Waals surface area (Å²) in [6.07, 6.45) is 0.225. The van der Waals surface area contributed by atoms with Crippen LogP contribution < -0.4 is 5.73 Å². The Kier molecular flexibility index (Phi) is 5.77. The molecule has 2 saturated heterocycles. The number of primary amides is 1. The zero-order valence-corrected chi connectivity index (χ0v) is 16.1. The third kappa shape index (κ3) is 4.47. The first kappa shape index (κ1) is 21.4. The summed E-state index contributed by atoms with van der Waals surface area (Å²) in [7, 11) is -5.42. The summed E-state index contributed by atoms with van der Waals surface area (Å²) < 4.78 is 66.5. The van der Waals surface area contributed by atoms with Crippen LogP contribution in [0.3, 0.4) is 0 Å². The van der Waals surface area contributed by atoms with E-state index in [-0.39, 0.29) is 36.8 Å². The lowest BCUT2D eigenvalue weighted by Gasteiger charge is -2.40. The molecule has 2 aliphatic heterocycles. The van der Waals surface area contributed by atoms with Crippen molar-refractivity contribution in [3.8, 4) is 0 Å². The van der Waals surface area contributed by atoms with E-state index < -0.39 is 26.1 Å². The normalized spacial score (nSPS) is 20.6. The van der Waals surface area contributed by atoms with E-state index in [9.17, 15) is 31.2 Å². The standard InChI is InChI=1S/C17H20F3N3O5S/c18-17(19,20)29(26,27)14-3-1-2-11(6-14)10-28-13-8-23(9-13)16(25)22-5-4-12(7-22)15(21)24/h1-3,6,12-13H,4-5,7-10H2,(H2,21,24)/t12-/m0/s1. The van der Waals surface area contributed by atoms with Crippen molar-refractivity contribution in [3.63, 3.8) is 0 Å². The van der Waals surface area contributed by atoms with Gasteiger partial charge in [0.05, 0.1) is 36.6 Å².